The molecule has 0 saturated carbocycles. The smallest absolute Gasteiger partial charge is 0.233 e. The molecule has 1 aromatic rings. The topological polar surface area (TPSA) is 91.8 Å². The third-order valence-corrected chi connectivity index (χ3v) is 7.76. The fourth-order valence-corrected chi connectivity index (χ4v) is 6.20. The van der Waals surface area contributed by atoms with Gasteiger partial charge < -0.3 is 5.11 Å². The second-order valence-corrected chi connectivity index (χ2v) is 9.60. The van der Waals surface area contributed by atoms with E-state index >= 15 is 0 Å². The van der Waals surface area contributed by atoms with Gasteiger partial charge >= 0.3 is 0 Å². The van der Waals surface area contributed by atoms with Crippen LogP contribution in [0.2, 0.25) is 5.02 Å². The molecule has 0 aromatic heterocycles. The third-order valence-electron chi connectivity index (χ3n) is 6.85. The second kappa shape index (κ2) is 7.00. The molecule has 2 amide bonds. The zero-order valence-corrected chi connectivity index (χ0v) is 18.7. The van der Waals surface area contributed by atoms with E-state index in [1.54, 1.807) is 6.07 Å². The summed E-state index contributed by atoms with van der Waals surface area (Å²) < 4.78 is 0.178. The molecule has 6 nitrogen and oxygen atoms in total. The summed E-state index contributed by atoms with van der Waals surface area (Å²) in [6.07, 6.45) is 3.81. The molecule has 31 heavy (non-hydrogen) atoms. The van der Waals surface area contributed by atoms with Crippen LogP contribution in [0.25, 0.3) is 0 Å². The number of likely N-dealkylation sites (tertiary alicyclic amines) is 1. The fourth-order valence-electron chi connectivity index (χ4n) is 5.47. The molecule has 4 atom stereocenters. The van der Waals surface area contributed by atoms with Gasteiger partial charge in [-0.3, -0.25) is 24.1 Å². The number of allylic oxidation sites excluding steroid dienone is 6. The summed E-state index contributed by atoms with van der Waals surface area (Å²) in [6.45, 7) is 0. The molecule has 0 spiro atoms. The van der Waals surface area contributed by atoms with Crippen molar-refractivity contribution in [1.29, 1.82) is 0 Å². The lowest BCUT2D eigenvalue weighted by molar-refractivity contribution is -0.138. The van der Waals surface area contributed by atoms with Crippen LogP contribution in [0, 0.1) is 17.8 Å². The second-order valence-electron chi connectivity index (χ2n) is 8.33. The van der Waals surface area contributed by atoms with E-state index in [-0.39, 0.29) is 51.0 Å². The van der Waals surface area contributed by atoms with Crippen molar-refractivity contribution in [3.63, 3.8) is 0 Å². The Bertz CT molecular complexity index is 1200. The number of imide groups is 1. The van der Waals surface area contributed by atoms with Crippen LogP contribution in [0.1, 0.15) is 24.3 Å². The van der Waals surface area contributed by atoms with Crippen molar-refractivity contribution in [3.05, 3.63) is 62.1 Å². The Kier molecular flexibility index (Phi) is 4.61. The van der Waals surface area contributed by atoms with E-state index in [4.69, 9.17) is 11.6 Å². The molecule has 1 heterocycles. The van der Waals surface area contributed by atoms with Gasteiger partial charge in [0.05, 0.1) is 16.3 Å². The Morgan fingerprint density at radius 3 is 2.58 bits per heavy atom. The maximum absolute atomic E-state index is 13.1. The van der Waals surface area contributed by atoms with Crippen LogP contribution in [-0.4, -0.2) is 40.4 Å². The van der Waals surface area contributed by atoms with Gasteiger partial charge in [0.2, 0.25) is 11.8 Å². The molecule has 1 aliphatic heterocycles. The minimum absolute atomic E-state index is 0.0140. The fraction of sp³-hybridized carbons (Fsp3) is 0.304. The lowest BCUT2D eigenvalue weighted by atomic mass is 9.59. The number of rotatable bonds is 1. The molecule has 8 heteroatoms. The number of fused-ring (bicyclic) bond motifs is 3. The molecule has 4 aliphatic rings. The molecular formula is C23H17BrClNO5. The van der Waals surface area contributed by atoms with Gasteiger partial charge in [-0.25, -0.2) is 0 Å². The number of carbonyl (C=O) groups is 4. The first kappa shape index (κ1) is 20.4. The third kappa shape index (κ3) is 2.83. The normalized spacial score (nSPS) is 30.1. The van der Waals surface area contributed by atoms with Gasteiger partial charge in [-0.15, -0.1) is 0 Å². The van der Waals surface area contributed by atoms with Gasteiger partial charge in [-0.1, -0.05) is 29.3 Å². The largest absolute Gasteiger partial charge is 0.508 e. The van der Waals surface area contributed by atoms with Crippen LogP contribution in [0.4, 0.5) is 0 Å². The first-order valence-electron chi connectivity index (χ1n) is 9.89. The van der Waals surface area contributed by atoms with Gasteiger partial charge in [0, 0.05) is 35.2 Å². The predicted octanol–water partition coefficient (Wildman–Crippen LogP) is 3.44. The first-order valence-corrected chi connectivity index (χ1v) is 11.1. The van der Waals surface area contributed by atoms with Crippen LogP contribution in [0.15, 0.2) is 51.6 Å². The maximum Gasteiger partial charge on any atom is 0.233 e. The maximum atomic E-state index is 13.1. The van der Waals surface area contributed by atoms with E-state index < -0.39 is 17.8 Å². The molecule has 158 valence electrons. The van der Waals surface area contributed by atoms with Crippen molar-refractivity contribution in [2.75, 3.05) is 7.05 Å². The van der Waals surface area contributed by atoms with Crippen LogP contribution >= 0.6 is 27.5 Å². The van der Waals surface area contributed by atoms with Gasteiger partial charge in [0.25, 0.3) is 0 Å². The Morgan fingerprint density at radius 2 is 1.87 bits per heavy atom. The highest BCUT2D eigenvalue weighted by Crippen LogP contribution is 2.55. The van der Waals surface area contributed by atoms with Gasteiger partial charge in [0.1, 0.15) is 5.75 Å². The van der Waals surface area contributed by atoms with Gasteiger partial charge in [0.15, 0.2) is 11.6 Å². The van der Waals surface area contributed by atoms with Crippen LogP contribution in [-0.2, 0) is 19.2 Å². The minimum Gasteiger partial charge on any atom is -0.508 e. The van der Waals surface area contributed by atoms with Crippen LogP contribution < -0.4 is 0 Å². The van der Waals surface area contributed by atoms with Crippen LogP contribution in [0.3, 0.4) is 0 Å². The molecule has 1 N–H and O–H groups in total. The zero-order valence-electron chi connectivity index (χ0n) is 16.4. The average Bonchev–Trinajstić information content (AvgIpc) is 2.95. The van der Waals surface area contributed by atoms with E-state index in [9.17, 15) is 24.3 Å². The number of amides is 2. The number of Topliss-reactive ketones (excluding diaryl/α,β-unsaturated/α-hetero) is 1. The average molecular weight is 503 g/mol. The van der Waals surface area contributed by atoms with Crippen molar-refractivity contribution in [2.24, 2.45) is 17.8 Å². The number of carbonyl (C=O) groups excluding carboxylic acids is 4. The minimum atomic E-state index is -0.620. The molecule has 0 radical (unpaired) electrons. The first-order chi connectivity index (χ1) is 14.7. The van der Waals surface area contributed by atoms with E-state index in [0.29, 0.717) is 23.1 Å². The van der Waals surface area contributed by atoms with Crippen molar-refractivity contribution in [1.82, 2.24) is 4.90 Å². The lowest BCUT2D eigenvalue weighted by Gasteiger charge is -2.42. The van der Waals surface area contributed by atoms with Crippen LogP contribution in [0.5, 0.6) is 5.75 Å². The van der Waals surface area contributed by atoms with Crippen molar-refractivity contribution in [2.45, 2.75) is 18.8 Å². The number of halogens is 2. The van der Waals surface area contributed by atoms with Crippen molar-refractivity contribution >= 4 is 50.9 Å². The number of phenols is 1. The number of nitrogens with zero attached hydrogens (tertiary/aromatic N) is 1. The van der Waals surface area contributed by atoms with Gasteiger partial charge in [-0.05, 0) is 52.4 Å². The summed E-state index contributed by atoms with van der Waals surface area (Å²) in [4.78, 5) is 52.8. The Balaban J connectivity index is 1.74. The molecule has 1 fully saturated rings. The van der Waals surface area contributed by atoms with E-state index in [1.165, 1.54) is 30.2 Å². The Morgan fingerprint density at radius 1 is 1.13 bits per heavy atom. The molecule has 5 rings (SSSR count). The summed E-state index contributed by atoms with van der Waals surface area (Å²) in [5.74, 6) is -3.10. The molecule has 4 unspecified atom stereocenters. The number of benzene rings is 1. The van der Waals surface area contributed by atoms with E-state index in [2.05, 4.69) is 15.9 Å². The highest BCUT2D eigenvalue weighted by atomic mass is 79.9. The predicted molar refractivity (Wildman–Crippen MR) is 115 cm³/mol. The zero-order chi connectivity index (χ0) is 22.2. The van der Waals surface area contributed by atoms with Gasteiger partial charge in [-0.2, -0.15) is 0 Å². The molecule has 3 aliphatic carbocycles. The van der Waals surface area contributed by atoms with Crippen molar-refractivity contribution < 1.29 is 24.3 Å². The number of hydrogen-bond acceptors (Lipinski definition) is 5. The highest BCUT2D eigenvalue weighted by Gasteiger charge is 2.55. The summed E-state index contributed by atoms with van der Waals surface area (Å²) in [5.41, 5.74) is 2.12. The number of aromatic hydroxyl groups is 1. The quantitative estimate of drug-likeness (QED) is 0.361. The van der Waals surface area contributed by atoms with E-state index in [0.717, 1.165) is 5.57 Å². The number of phenolic OH excluding ortho intramolecular Hbond substituents is 1. The Hall–Kier alpha value is -2.51. The number of ketones is 2. The van der Waals surface area contributed by atoms with Crippen molar-refractivity contribution in [3.8, 4) is 5.75 Å². The standard InChI is InChI=1S/C23H17BrClNO5/c1-26-22(30)12-5-4-10-13(19(12)23(26)31)7-14-20(17(28)8-15(24)21(14)29)18(10)11-3-2-9(27)6-16(11)25/h2-4,6,8,12-13,18-19,27H,5,7H2,1H3. The highest BCUT2D eigenvalue weighted by molar-refractivity contribution is 9.12. The summed E-state index contributed by atoms with van der Waals surface area (Å²) in [5, 5.41) is 10.1. The summed E-state index contributed by atoms with van der Waals surface area (Å²) in [6, 6.07) is 4.52. The molecular weight excluding hydrogens is 486 g/mol. The molecule has 0 bridgehead atoms. The monoisotopic (exact) mass is 501 g/mol. The van der Waals surface area contributed by atoms with E-state index in [1.807, 2.05) is 6.08 Å². The lowest BCUT2D eigenvalue weighted by Crippen LogP contribution is -2.39. The summed E-state index contributed by atoms with van der Waals surface area (Å²) in [7, 11) is 1.49. The molecule has 1 aromatic carbocycles. The Labute approximate surface area is 191 Å². The SMILES string of the molecule is CN1C(=O)C2CC=C3C(c4ccc(O)cc4Cl)C4=C(CC3C2C1=O)C(=O)C(Br)=CC4=O. The summed E-state index contributed by atoms with van der Waals surface area (Å²) >= 11 is 9.65. The molecule has 1 saturated heterocycles. The number of hydrogen-bond donors (Lipinski definition) is 1.